The van der Waals surface area contributed by atoms with Crippen LogP contribution in [-0.2, 0) is 9.53 Å². The molecule has 1 unspecified atom stereocenters. The highest BCUT2D eigenvalue weighted by atomic mass is 16.5. The molecule has 2 N–H and O–H groups in total. The minimum Gasteiger partial charge on any atom is -0.497 e. The second-order valence-corrected chi connectivity index (χ2v) is 5.72. The fourth-order valence-electron chi connectivity index (χ4n) is 2.55. The molecule has 0 bridgehead atoms. The summed E-state index contributed by atoms with van der Waals surface area (Å²) in [7, 11) is 3.17. The Hall–Kier alpha value is -2.34. The summed E-state index contributed by atoms with van der Waals surface area (Å²) in [5.74, 6) is 0.720. The maximum Gasteiger partial charge on any atom is 0.245 e. The lowest BCUT2D eigenvalue weighted by molar-refractivity contribution is -0.124. The first-order valence-electron chi connectivity index (χ1n) is 8.09. The van der Waals surface area contributed by atoms with Crippen LogP contribution in [0.15, 0.2) is 30.5 Å². The first-order chi connectivity index (χ1) is 11.6. The number of anilines is 1. The van der Waals surface area contributed by atoms with Gasteiger partial charge >= 0.3 is 0 Å². The van der Waals surface area contributed by atoms with E-state index in [0.717, 1.165) is 35.2 Å². The van der Waals surface area contributed by atoms with Gasteiger partial charge in [0.15, 0.2) is 0 Å². The van der Waals surface area contributed by atoms with E-state index in [4.69, 9.17) is 9.47 Å². The fraction of sp³-hybridized carbons (Fsp3) is 0.444. The summed E-state index contributed by atoms with van der Waals surface area (Å²) in [6, 6.07) is 8.13. The van der Waals surface area contributed by atoms with Crippen molar-refractivity contribution in [3.05, 3.63) is 30.5 Å². The summed E-state index contributed by atoms with van der Waals surface area (Å²) >= 11 is 0. The number of nitrogens with one attached hydrogen (secondary N) is 2. The van der Waals surface area contributed by atoms with Crippen LogP contribution in [0.2, 0.25) is 0 Å². The molecule has 1 atom stereocenters. The van der Waals surface area contributed by atoms with Crippen LogP contribution in [-0.4, -0.2) is 44.3 Å². The van der Waals surface area contributed by atoms with Gasteiger partial charge in [-0.1, -0.05) is 6.07 Å². The van der Waals surface area contributed by atoms with E-state index >= 15 is 0 Å². The zero-order chi connectivity index (χ0) is 17.4. The Kier molecular flexibility index (Phi) is 6.81. The van der Waals surface area contributed by atoms with Crippen LogP contribution >= 0.6 is 0 Å². The highest BCUT2D eigenvalue weighted by molar-refractivity contribution is 5.91. The molecule has 0 aliphatic carbocycles. The monoisotopic (exact) mass is 331 g/mol. The molecule has 1 amide bonds. The van der Waals surface area contributed by atoms with Crippen LogP contribution in [0, 0.1) is 0 Å². The van der Waals surface area contributed by atoms with Crippen molar-refractivity contribution in [1.29, 1.82) is 0 Å². The van der Waals surface area contributed by atoms with Crippen LogP contribution in [0.1, 0.15) is 19.8 Å². The van der Waals surface area contributed by atoms with Crippen molar-refractivity contribution in [1.82, 2.24) is 10.3 Å². The average Bonchev–Trinajstić information content (AvgIpc) is 2.59. The van der Waals surface area contributed by atoms with Crippen LogP contribution in [0.5, 0.6) is 5.75 Å². The van der Waals surface area contributed by atoms with Gasteiger partial charge in [-0.2, -0.15) is 0 Å². The lowest BCUT2D eigenvalue weighted by atomic mass is 10.1. The molecule has 2 rings (SSSR count). The second kappa shape index (κ2) is 9.08. The van der Waals surface area contributed by atoms with Gasteiger partial charge in [0.25, 0.3) is 0 Å². The molecule has 1 heterocycles. The highest BCUT2D eigenvalue weighted by Gasteiger charge is 2.09. The molecule has 0 aliphatic heterocycles. The van der Waals surface area contributed by atoms with Gasteiger partial charge in [0.2, 0.25) is 5.91 Å². The van der Waals surface area contributed by atoms with Gasteiger partial charge in [0.05, 0.1) is 18.3 Å². The summed E-state index contributed by atoms with van der Waals surface area (Å²) in [5.41, 5.74) is 1.89. The second-order valence-electron chi connectivity index (χ2n) is 5.72. The van der Waals surface area contributed by atoms with E-state index in [9.17, 15) is 4.79 Å². The minimum atomic E-state index is -0.0823. The molecule has 0 radical (unpaired) electrons. The molecule has 1 aromatic heterocycles. The van der Waals surface area contributed by atoms with E-state index in [0.29, 0.717) is 6.54 Å². The van der Waals surface area contributed by atoms with Gasteiger partial charge in [-0.25, -0.2) is 0 Å². The Balaban J connectivity index is 1.93. The molecule has 6 heteroatoms. The molecule has 24 heavy (non-hydrogen) atoms. The predicted molar refractivity (Wildman–Crippen MR) is 95.5 cm³/mol. The summed E-state index contributed by atoms with van der Waals surface area (Å²) < 4.78 is 10.1. The summed E-state index contributed by atoms with van der Waals surface area (Å²) in [6.07, 6.45) is 3.60. The van der Waals surface area contributed by atoms with Crippen molar-refractivity contribution in [2.45, 2.75) is 25.8 Å². The van der Waals surface area contributed by atoms with Crippen molar-refractivity contribution < 1.29 is 14.3 Å². The molecule has 6 nitrogen and oxygen atoms in total. The molecular weight excluding hydrogens is 306 g/mol. The van der Waals surface area contributed by atoms with Crippen molar-refractivity contribution in [2.75, 3.05) is 32.7 Å². The Bertz CT molecular complexity index is 676. The number of aromatic nitrogens is 1. The van der Waals surface area contributed by atoms with Gasteiger partial charge in [-0.15, -0.1) is 0 Å². The number of ether oxygens (including phenoxy) is 2. The maximum atomic E-state index is 11.3. The molecule has 2 aromatic rings. The van der Waals surface area contributed by atoms with Gasteiger partial charge in [0.1, 0.15) is 12.4 Å². The quantitative estimate of drug-likeness (QED) is 0.691. The zero-order valence-corrected chi connectivity index (χ0v) is 14.5. The molecule has 0 saturated carbocycles. The molecule has 1 aromatic carbocycles. The minimum absolute atomic E-state index is 0.0823. The molecule has 0 fully saturated rings. The first-order valence-corrected chi connectivity index (χ1v) is 8.09. The Morgan fingerprint density at radius 1 is 1.33 bits per heavy atom. The summed E-state index contributed by atoms with van der Waals surface area (Å²) in [6.45, 7) is 2.87. The number of hydrogen-bond acceptors (Lipinski definition) is 5. The number of benzene rings is 1. The van der Waals surface area contributed by atoms with E-state index in [2.05, 4.69) is 22.5 Å². The third-order valence-corrected chi connectivity index (χ3v) is 3.73. The lowest BCUT2D eigenvalue weighted by Gasteiger charge is -2.17. The van der Waals surface area contributed by atoms with Gasteiger partial charge in [0, 0.05) is 37.3 Å². The topological polar surface area (TPSA) is 72.5 Å². The predicted octanol–water partition coefficient (Wildman–Crippen LogP) is 2.59. The van der Waals surface area contributed by atoms with E-state index in [-0.39, 0.29) is 18.6 Å². The number of pyridine rings is 1. The highest BCUT2D eigenvalue weighted by Crippen LogP contribution is 2.28. The van der Waals surface area contributed by atoms with Crippen LogP contribution in [0.3, 0.4) is 0 Å². The molecule has 130 valence electrons. The zero-order valence-electron chi connectivity index (χ0n) is 14.5. The van der Waals surface area contributed by atoms with Crippen LogP contribution in [0.25, 0.3) is 10.9 Å². The Morgan fingerprint density at radius 2 is 2.17 bits per heavy atom. The van der Waals surface area contributed by atoms with Gasteiger partial charge in [-0.05, 0) is 31.9 Å². The van der Waals surface area contributed by atoms with E-state index < -0.39 is 0 Å². The van der Waals surface area contributed by atoms with Crippen LogP contribution in [0.4, 0.5) is 5.69 Å². The summed E-state index contributed by atoms with van der Waals surface area (Å²) in [4.78, 5) is 15.8. The smallest absolute Gasteiger partial charge is 0.245 e. The molecule has 0 spiro atoms. The van der Waals surface area contributed by atoms with E-state index in [1.165, 1.54) is 7.11 Å². The summed E-state index contributed by atoms with van der Waals surface area (Å²) in [5, 5.41) is 7.36. The fourth-order valence-corrected chi connectivity index (χ4v) is 2.55. The Labute approximate surface area is 142 Å². The maximum absolute atomic E-state index is 11.3. The molecule has 0 aliphatic rings. The van der Waals surface area contributed by atoms with Crippen molar-refractivity contribution in [3.63, 3.8) is 0 Å². The number of hydrogen-bond donors (Lipinski definition) is 2. The standard InChI is InChI=1S/C18H25N3O3/c1-13(6-4-8-19-17(22)12-23-2)21-16-11-15(24-3)10-14-7-5-9-20-18(14)16/h5,7,9-11,13,21H,4,6,8,12H2,1-3H3,(H,19,22). The van der Waals surface area contributed by atoms with Crippen molar-refractivity contribution in [3.8, 4) is 5.75 Å². The third kappa shape index (κ3) is 5.09. The normalized spacial score (nSPS) is 12.0. The number of methoxy groups -OCH3 is 2. The van der Waals surface area contributed by atoms with E-state index in [1.807, 2.05) is 24.3 Å². The third-order valence-electron chi connectivity index (χ3n) is 3.73. The Morgan fingerprint density at radius 3 is 2.92 bits per heavy atom. The number of amides is 1. The average molecular weight is 331 g/mol. The lowest BCUT2D eigenvalue weighted by Crippen LogP contribution is -2.28. The SMILES string of the molecule is COCC(=O)NCCCC(C)Nc1cc(OC)cc2cccnc12. The van der Waals surface area contributed by atoms with Crippen LogP contribution < -0.4 is 15.4 Å². The molecular formula is C18H25N3O3. The molecule has 0 saturated heterocycles. The number of rotatable bonds is 9. The van der Waals surface area contributed by atoms with Gasteiger partial charge in [-0.3, -0.25) is 9.78 Å². The first kappa shape index (κ1) is 18.0. The van der Waals surface area contributed by atoms with E-state index in [1.54, 1.807) is 13.3 Å². The van der Waals surface area contributed by atoms with Crippen molar-refractivity contribution >= 4 is 22.5 Å². The van der Waals surface area contributed by atoms with Crippen molar-refractivity contribution in [2.24, 2.45) is 0 Å². The number of carbonyl (C=O) groups is 1. The number of fused-ring (bicyclic) bond motifs is 1. The largest absolute Gasteiger partial charge is 0.497 e. The number of carbonyl (C=O) groups excluding carboxylic acids is 1. The van der Waals surface area contributed by atoms with Gasteiger partial charge < -0.3 is 20.1 Å². The number of nitrogens with zero attached hydrogens (tertiary/aromatic N) is 1.